The Bertz CT molecular complexity index is 762. The summed E-state index contributed by atoms with van der Waals surface area (Å²) in [6, 6.07) is 14.9. The van der Waals surface area contributed by atoms with Crippen LogP contribution in [0.15, 0.2) is 48.5 Å². The highest BCUT2D eigenvalue weighted by Crippen LogP contribution is 2.34. The second-order valence-electron chi connectivity index (χ2n) is 6.38. The molecule has 0 saturated carbocycles. The van der Waals surface area contributed by atoms with Crippen LogP contribution in [-0.4, -0.2) is 35.7 Å². The Hall–Kier alpha value is -2.53. The molecular formula is C20H24N2O3. The third-order valence-corrected chi connectivity index (χ3v) is 4.61. The third-order valence-electron chi connectivity index (χ3n) is 4.61. The highest BCUT2D eigenvalue weighted by atomic mass is 16.5. The fourth-order valence-electron chi connectivity index (χ4n) is 3.33. The summed E-state index contributed by atoms with van der Waals surface area (Å²) in [6.45, 7) is 5.20. The summed E-state index contributed by atoms with van der Waals surface area (Å²) >= 11 is 0. The van der Waals surface area contributed by atoms with Crippen LogP contribution in [0.5, 0.6) is 5.75 Å². The summed E-state index contributed by atoms with van der Waals surface area (Å²) in [5.41, 5.74) is 1.57. The third kappa shape index (κ3) is 3.61. The van der Waals surface area contributed by atoms with Crippen LogP contribution in [0.3, 0.4) is 0 Å². The lowest BCUT2D eigenvalue weighted by atomic mass is 9.89. The molecule has 132 valence electrons. The van der Waals surface area contributed by atoms with E-state index in [0.29, 0.717) is 31.0 Å². The maximum atomic E-state index is 12.6. The number of para-hydroxylation sites is 2. The van der Waals surface area contributed by atoms with Crippen LogP contribution in [0, 0.1) is 6.92 Å². The topological polar surface area (TPSA) is 61.8 Å². The molecule has 0 unspecified atom stereocenters. The normalized spacial score (nSPS) is 19.7. The standard InChI is InChI=1S/C20H24N2O3/c1-3-25-18-11-7-6-10-17(18)21-19(23)22-13-12-20(24,14-22)16-9-5-4-8-15(16)2/h4-11,24H,3,12-14H2,1-2H3,(H,21,23)/t20-/m1/s1. The number of urea groups is 1. The van der Waals surface area contributed by atoms with E-state index >= 15 is 0 Å². The zero-order valence-corrected chi connectivity index (χ0v) is 14.7. The van der Waals surface area contributed by atoms with E-state index in [2.05, 4.69) is 5.32 Å². The second-order valence-corrected chi connectivity index (χ2v) is 6.38. The lowest BCUT2D eigenvalue weighted by Crippen LogP contribution is -2.37. The summed E-state index contributed by atoms with van der Waals surface area (Å²) in [5.74, 6) is 0.645. The summed E-state index contributed by atoms with van der Waals surface area (Å²) < 4.78 is 5.54. The molecular weight excluding hydrogens is 316 g/mol. The summed E-state index contributed by atoms with van der Waals surface area (Å²) in [7, 11) is 0. The first-order chi connectivity index (χ1) is 12.0. The SMILES string of the molecule is CCOc1ccccc1NC(=O)N1CC[C@](O)(c2ccccc2C)C1. The van der Waals surface area contributed by atoms with E-state index < -0.39 is 5.60 Å². The van der Waals surface area contributed by atoms with E-state index in [1.54, 1.807) is 4.90 Å². The smallest absolute Gasteiger partial charge is 0.322 e. The molecule has 25 heavy (non-hydrogen) atoms. The summed E-state index contributed by atoms with van der Waals surface area (Å²) in [4.78, 5) is 14.3. The molecule has 0 spiro atoms. The molecule has 3 rings (SSSR count). The predicted molar refractivity (Wildman–Crippen MR) is 97.9 cm³/mol. The summed E-state index contributed by atoms with van der Waals surface area (Å²) in [5, 5.41) is 13.9. The average Bonchev–Trinajstić information content (AvgIpc) is 3.01. The van der Waals surface area contributed by atoms with Gasteiger partial charge in [0.05, 0.1) is 18.8 Å². The molecule has 0 aromatic heterocycles. The van der Waals surface area contributed by atoms with Crippen LogP contribution < -0.4 is 10.1 Å². The number of ether oxygens (including phenoxy) is 1. The van der Waals surface area contributed by atoms with Crippen molar-refractivity contribution in [3.05, 3.63) is 59.7 Å². The van der Waals surface area contributed by atoms with Crippen LogP contribution in [0.1, 0.15) is 24.5 Å². The monoisotopic (exact) mass is 340 g/mol. The van der Waals surface area contributed by atoms with Crippen LogP contribution in [0.2, 0.25) is 0 Å². The maximum Gasteiger partial charge on any atom is 0.322 e. The van der Waals surface area contributed by atoms with Crippen molar-refractivity contribution < 1.29 is 14.6 Å². The molecule has 5 nitrogen and oxygen atoms in total. The van der Waals surface area contributed by atoms with E-state index in [-0.39, 0.29) is 12.6 Å². The largest absolute Gasteiger partial charge is 0.492 e. The van der Waals surface area contributed by atoms with Gasteiger partial charge in [0.1, 0.15) is 11.4 Å². The Morgan fingerprint density at radius 1 is 1.24 bits per heavy atom. The highest BCUT2D eigenvalue weighted by molar-refractivity contribution is 5.91. The number of anilines is 1. The molecule has 0 aliphatic carbocycles. The van der Waals surface area contributed by atoms with Gasteiger partial charge < -0.3 is 20.1 Å². The maximum absolute atomic E-state index is 12.6. The van der Waals surface area contributed by atoms with E-state index in [1.807, 2.05) is 62.4 Å². The van der Waals surface area contributed by atoms with Gasteiger partial charge in [0.25, 0.3) is 0 Å². The van der Waals surface area contributed by atoms with Gasteiger partial charge in [0, 0.05) is 6.54 Å². The van der Waals surface area contributed by atoms with E-state index in [1.165, 1.54) is 0 Å². The van der Waals surface area contributed by atoms with E-state index in [0.717, 1.165) is 11.1 Å². The number of rotatable bonds is 4. The van der Waals surface area contributed by atoms with E-state index in [9.17, 15) is 9.90 Å². The fourth-order valence-corrected chi connectivity index (χ4v) is 3.33. The number of aryl methyl sites for hydroxylation is 1. The lowest BCUT2D eigenvalue weighted by molar-refractivity contribution is 0.0494. The Morgan fingerprint density at radius 2 is 1.96 bits per heavy atom. The number of β-amino-alcohol motifs (C(OH)–C–C–N with tert-alkyl or cyclic N) is 1. The van der Waals surface area contributed by atoms with Crippen LogP contribution >= 0.6 is 0 Å². The van der Waals surface area contributed by atoms with Crippen LogP contribution in [-0.2, 0) is 5.60 Å². The quantitative estimate of drug-likeness (QED) is 0.895. The van der Waals surface area contributed by atoms with Crippen molar-refractivity contribution in [2.75, 3.05) is 25.0 Å². The van der Waals surface area contributed by atoms with Crippen LogP contribution in [0.25, 0.3) is 0 Å². The first-order valence-corrected chi connectivity index (χ1v) is 8.60. The number of benzene rings is 2. The fraction of sp³-hybridized carbons (Fsp3) is 0.350. The molecule has 2 N–H and O–H groups in total. The number of aliphatic hydroxyl groups is 1. The Morgan fingerprint density at radius 3 is 2.72 bits per heavy atom. The molecule has 0 radical (unpaired) electrons. The first kappa shape index (κ1) is 17.3. The molecule has 2 amide bonds. The molecule has 1 aliphatic heterocycles. The number of carbonyl (C=O) groups is 1. The van der Waals surface area contributed by atoms with Gasteiger partial charge in [0.15, 0.2) is 0 Å². The number of nitrogens with one attached hydrogen (secondary N) is 1. The minimum atomic E-state index is -0.998. The van der Waals surface area contributed by atoms with Gasteiger partial charge >= 0.3 is 6.03 Å². The number of amides is 2. The number of likely N-dealkylation sites (tertiary alicyclic amines) is 1. The lowest BCUT2D eigenvalue weighted by Gasteiger charge is -2.25. The summed E-state index contributed by atoms with van der Waals surface area (Å²) in [6.07, 6.45) is 0.526. The minimum absolute atomic E-state index is 0.225. The van der Waals surface area contributed by atoms with E-state index in [4.69, 9.17) is 4.74 Å². The van der Waals surface area contributed by atoms with Gasteiger partial charge in [-0.2, -0.15) is 0 Å². The molecule has 2 aromatic carbocycles. The zero-order valence-electron chi connectivity index (χ0n) is 14.7. The van der Waals surface area contributed by atoms with Gasteiger partial charge in [-0.25, -0.2) is 4.79 Å². The van der Waals surface area contributed by atoms with Crippen molar-refractivity contribution in [2.24, 2.45) is 0 Å². The van der Waals surface area contributed by atoms with Crippen molar-refractivity contribution in [3.8, 4) is 5.75 Å². The van der Waals surface area contributed by atoms with Crippen molar-refractivity contribution in [1.29, 1.82) is 0 Å². The molecule has 1 saturated heterocycles. The number of carbonyl (C=O) groups excluding carboxylic acids is 1. The number of hydrogen-bond donors (Lipinski definition) is 2. The van der Waals surface area contributed by atoms with Crippen molar-refractivity contribution in [2.45, 2.75) is 25.9 Å². The number of hydrogen-bond acceptors (Lipinski definition) is 3. The minimum Gasteiger partial charge on any atom is -0.492 e. The molecule has 1 heterocycles. The molecule has 0 bridgehead atoms. The number of nitrogens with zero attached hydrogens (tertiary/aromatic N) is 1. The zero-order chi connectivity index (χ0) is 17.9. The highest BCUT2D eigenvalue weighted by Gasteiger charge is 2.40. The van der Waals surface area contributed by atoms with Gasteiger partial charge in [0.2, 0.25) is 0 Å². The second kappa shape index (κ2) is 7.15. The van der Waals surface area contributed by atoms with Crippen molar-refractivity contribution >= 4 is 11.7 Å². The molecule has 1 fully saturated rings. The predicted octanol–water partition coefficient (Wildman–Crippen LogP) is 3.52. The van der Waals surface area contributed by atoms with Crippen LogP contribution in [0.4, 0.5) is 10.5 Å². The molecule has 1 atom stereocenters. The first-order valence-electron chi connectivity index (χ1n) is 8.60. The Balaban J connectivity index is 1.72. The molecule has 2 aromatic rings. The van der Waals surface area contributed by atoms with Gasteiger partial charge in [-0.05, 0) is 43.5 Å². The van der Waals surface area contributed by atoms with Crippen molar-refractivity contribution in [1.82, 2.24) is 4.90 Å². The Labute approximate surface area is 148 Å². The Kier molecular flexibility index (Phi) is 4.95. The average molecular weight is 340 g/mol. The van der Waals surface area contributed by atoms with Crippen molar-refractivity contribution in [3.63, 3.8) is 0 Å². The molecule has 1 aliphatic rings. The molecule has 5 heteroatoms. The van der Waals surface area contributed by atoms with Gasteiger partial charge in [-0.3, -0.25) is 0 Å². The van der Waals surface area contributed by atoms with Gasteiger partial charge in [-0.15, -0.1) is 0 Å². The van der Waals surface area contributed by atoms with Gasteiger partial charge in [-0.1, -0.05) is 36.4 Å².